The molecule has 0 radical (unpaired) electrons. The lowest BCUT2D eigenvalue weighted by molar-refractivity contribution is -0.153. The van der Waals surface area contributed by atoms with Crippen molar-refractivity contribution >= 4 is 5.91 Å². The number of amides is 1. The number of fused-ring (bicyclic) bond motifs is 1. The van der Waals surface area contributed by atoms with Gasteiger partial charge in [0.25, 0.3) is 0 Å². The molecule has 1 saturated carbocycles. The Bertz CT molecular complexity index is 734. The molecule has 2 aliphatic rings. The molecule has 24 heavy (non-hydrogen) atoms. The number of carbonyl (C=O) groups excluding carboxylic acids is 1. The van der Waals surface area contributed by atoms with Crippen molar-refractivity contribution in [1.29, 1.82) is 0 Å². The van der Waals surface area contributed by atoms with Crippen molar-refractivity contribution < 1.29 is 13.9 Å². The van der Waals surface area contributed by atoms with Gasteiger partial charge in [0.05, 0.1) is 18.6 Å². The fraction of sp³-hybridized carbons (Fsp3) is 0.474. The van der Waals surface area contributed by atoms with Crippen molar-refractivity contribution in [3.8, 4) is 11.5 Å². The molecule has 1 fully saturated rings. The predicted molar refractivity (Wildman–Crippen MR) is 89.2 cm³/mol. The summed E-state index contributed by atoms with van der Waals surface area (Å²) in [5.41, 5.74) is 1.55. The number of oxazole rings is 1. The zero-order chi connectivity index (χ0) is 16.6. The van der Waals surface area contributed by atoms with E-state index in [1.807, 2.05) is 35.2 Å². The fourth-order valence-corrected chi connectivity index (χ4v) is 3.71. The van der Waals surface area contributed by atoms with Crippen LogP contribution in [0.1, 0.15) is 30.7 Å². The van der Waals surface area contributed by atoms with Gasteiger partial charge in [-0.05, 0) is 25.0 Å². The Hall–Kier alpha value is -2.14. The van der Waals surface area contributed by atoms with Crippen molar-refractivity contribution in [3.63, 3.8) is 0 Å². The second-order valence-corrected chi connectivity index (χ2v) is 6.80. The van der Waals surface area contributed by atoms with Gasteiger partial charge in [0.15, 0.2) is 0 Å². The van der Waals surface area contributed by atoms with Crippen LogP contribution in [0.2, 0.25) is 0 Å². The number of hydrogen-bond donors (Lipinski definition) is 0. The minimum atomic E-state index is -0.307. The summed E-state index contributed by atoms with van der Waals surface area (Å²) in [7, 11) is 1.67. The largest absolute Gasteiger partial charge is 0.441 e. The number of methoxy groups -OCH3 is 1. The number of ether oxygens (including phenoxy) is 1. The topological polar surface area (TPSA) is 55.6 Å². The lowest BCUT2D eigenvalue weighted by Gasteiger charge is -2.43. The SMILES string of the molecule is COCC1(C(=O)N2CCc3oc(-c4ccccc4)nc3C2)CCC1. The van der Waals surface area contributed by atoms with Gasteiger partial charge in [-0.1, -0.05) is 24.6 Å². The average molecular weight is 326 g/mol. The average Bonchev–Trinajstić information content (AvgIpc) is 3.01. The number of hydrogen-bond acceptors (Lipinski definition) is 4. The van der Waals surface area contributed by atoms with Crippen molar-refractivity contribution in [2.45, 2.75) is 32.2 Å². The molecule has 0 bridgehead atoms. The number of carbonyl (C=O) groups is 1. The van der Waals surface area contributed by atoms with Crippen LogP contribution in [0.4, 0.5) is 0 Å². The van der Waals surface area contributed by atoms with Gasteiger partial charge in [0, 0.05) is 25.6 Å². The number of rotatable bonds is 4. The van der Waals surface area contributed by atoms with Crippen molar-refractivity contribution in [2.75, 3.05) is 20.3 Å². The van der Waals surface area contributed by atoms with Crippen molar-refractivity contribution in [3.05, 3.63) is 41.8 Å². The highest BCUT2D eigenvalue weighted by molar-refractivity contribution is 5.84. The third-order valence-corrected chi connectivity index (χ3v) is 5.22. The van der Waals surface area contributed by atoms with Gasteiger partial charge >= 0.3 is 0 Å². The van der Waals surface area contributed by atoms with Crippen LogP contribution in [-0.4, -0.2) is 36.1 Å². The lowest BCUT2D eigenvalue weighted by Crippen LogP contribution is -2.51. The standard InChI is InChI=1S/C19H22N2O3/c1-23-13-19(9-5-10-19)18(22)21-11-8-16-15(12-21)20-17(24-16)14-6-3-2-4-7-14/h2-4,6-7H,5,8-13H2,1H3. The van der Waals surface area contributed by atoms with Gasteiger partial charge in [0.1, 0.15) is 11.5 Å². The van der Waals surface area contributed by atoms with Crippen molar-refractivity contribution in [2.24, 2.45) is 5.41 Å². The molecule has 126 valence electrons. The van der Waals surface area contributed by atoms with E-state index in [-0.39, 0.29) is 11.3 Å². The van der Waals surface area contributed by atoms with E-state index in [1.165, 1.54) is 0 Å². The van der Waals surface area contributed by atoms with E-state index in [9.17, 15) is 4.79 Å². The molecule has 0 saturated heterocycles. The molecule has 1 amide bonds. The van der Waals surface area contributed by atoms with Crippen LogP contribution in [0.3, 0.4) is 0 Å². The van der Waals surface area contributed by atoms with Gasteiger partial charge in [-0.15, -0.1) is 0 Å². The van der Waals surface area contributed by atoms with E-state index in [0.717, 1.165) is 42.7 Å². The molecule has 1 aromatic carbocycles. The van der Waals surface area contributed by atoms with Crippen LogP contribution in [0, 0.1) is 5.41 Å². The Morgan fingerprint density at radius 2 is 2.12 bits per heavy atom. The number of aromatic nitrogens is 1. The molecule has 4 rings (SSSR count). The zero-order valence-electron chi connectivity index (χ0n) is 14.0. The zero-order valence-corrected chi connectivity index (χ0v) is 14.0. The van der Waals surface area contributed by atoms with Crippen LogP contribution in [-0.2, 0) is 22.5 Å². The third-order valence-electron chi connectivity index (χ3n) is 5.22. The third kappa shape index (κ3) is 2.53. The molecule has 1 aromatic heterocycles. The molecule has 0 unspecified atom stereocenters. The predicted octanol–water partition coefficient (Wildman–Crippen LogP) is 3.04. The number of benzene rings is 1. The first-order valence-electron chi connectivity index (χ1n) is 8.54. The Labute approximate surface area is 141 Å². The molecular formula is C19H22N2O3. The van der Waals surface area contributed by atoms with Gasteiger partial charge in [-0.25, -0.2) is 4.98 Å². The van der Waals surface area contributed by atoms with E-state index in [0.29, 0.717) is 25.6 Å². The van der Waals surface area contributed by atoms with Gasteiger partial charge < -0.3 is 14.1 Å². The maximum atomic E-state index is 13.0. The number of nitrogens with zero attached hydrogens (tertiary/aromatic N) is 2. The molecule has 1 aliphatic carbocycles. The summed E-state index contributed by atoms with van der Waals surface area (Å²) in [6.07, 6.45) is 3.69. The fourth-order valence-electron chi connectivity index (χ4n) is 3.71. The first-order valence-corrected chi connectivity index (χ1v) is 8.54. The van der Waals surface area contributed by atoms with Gasteiger partial charge in [-0.2, -0.15) is 0 Å². The van der Waals surface area contributed by atoms with Crippen LogP contribution in [0.25, 0.3) is 11.5 Å². The molecule has 1 aliphatic heterocycles. The minimum Gasteiger partial charge on any atom is -0.441 e. The summed E-state index contributed by atoms with van der Waals surface area (Å²) in [5, 5.41) is 0. The highest BCUT2D eigenvalue weighted by Gasteiger charge is 2.47. The minimum absolute atomic E-state index is 0.213. The Morgan fingerprint density at radius 3 is 2.79 bits per heavy atom. The van der Waals surface area contributed by atoms with E-state index >= 15 is 0 Å². The highest BCUT2D eigenvalue weighted by atomic mass is 16.5. The second kappa shape index (κ2) is 6.06. The lowest BCUT2D eigenvalue weighted by atomic mass is 9.68. The summed E-state index contributed by atoms with van der Waals surface area (Å²) in [6.45, 7) is 1.75. The Kier molecular flexibility index (Phi) is 3.88. The van der Waals surface area contributed by atoms with Crippen LogP contribution in [0.15, 0.2) is 34.7 Å². The monoisotopic (exact) mass is 326 g/mol. The summed E-state index contributed by atoms with van der Waals surface area (Å²) in [6, 6.07) is 9.89. The summed E-state index contributed by atoms with van der Waals surface area (Å²) < 4.78 is 11.2. The molecule has 0 spiro atoms. The van der Waals surface area contributed by atoms with E-state index < -0.39 is 0 Å². The summed E-state index contributed by atoms with van der Waals surface area (Å²) in [5.74, 6) is 1.77. The molecule has 0 N–H and O–H groups in total. The molecule has 5 nitrogen and oxygen atoms in total. The van der Waals surface area contributed by atoms with Gasteiger partial charge in [-0.3, -0.25) is 4.79 Å². The maximum absolute atomic E-state index is 13.0. The first-order chi connectivity index (χ1) is 11.7. The summed E-state index contributed by atoms with van der Waals surface area (Å²) in [4.78, 5) is 19.5. The molecule has 0 atom stereocenters. The van der Waals surface area contributed by atoms with E-state index in [4.69, 9.17) is 9.15 Å². The van der Waals surface area contributed by atoms with Crippen LogP contribution >= 0.6 is 0 Å². The molecule has 2 aromatic rings. The Balaban J connectivity index is 1.54. The maximum Gasteiger partial charge on any atom is 0.231 e. The molecular weight excluding hydrogens is 304 g/mol. The smallest absolute Gasteiger partial charge is 0.231 e. The van der Waals surface area contributed by atoms with Crippen molar-refractivity contribution in [1.82, 2.24) is 9.88 Å². The first kappa shape index (κ1) is 15.4. The van der Waals surface area contributed by atoms with E-state index in [1.54, 1.807) is 7.11 Å². The highest BCUT2D eigenvalue weighted by Crippen LogP contribution is 2.43. The van der Waals surface area contributed by atoms with Gasteiger partial charge in [0.2, 0.25) is 11.8 Å². The summed E-state index contributed by atoms with van der Waals surface area (Å²) >= 11 is 0. The molecule has 5 heteroatoms. The van der Waals surface area contributed by atoms with Crippen LogP contribution < -0.4 is 0 Å². The Morgan fingerprint density at radius 1 is 1.33 bits per heavy atom. The second-order valence-electron chi connectivity index (χ2n) is 6.80. The van der Waals surface area contributed by atoms with E-state index in [2.05, 4.69) is 4.98 Å². The van der Waals surface area contributed by atoms with Crippen LogP contribution in [0.5, 0.6) is 0 Å². The molecule has 2 heterocycles. The normalized spacial score (nSPS) is 18.8. The quantitative estimate of drug-likeness (QED) is 0.866.